The molecule has 0 saturated carbocycles. The molecule has 7 heteroatoms. The summed E-state index contributed by atoms with van der Waals surface area (Å²) in [7, 11) is 1.66. The first-order chi connectivity index (χ1) is 11.6. The lowest BCUT2D eigenvalue weighted by Gasteiger charge is -2.32. The Morgan fingerprint density at radius 3 is 2.79 bits per heavy atom. The van der Waals surface area contributed by atoms with Gasteiger partial charge < -0.3 is 10.2 Å². The maximum atomic E-state index is 12.5. The zero-order valence-corrected chi connectivity index (χ0v) is 14.1. The van der Waals surface area contributed by atoms with Crippen molar-refractivity contribution in [2.45, 2.75) is 25.7 Å². The molecule has 7 nitrogen and oxygen atoms in total. The molecule has 1 N–H and O–H groups in total. The molecule has 0 radical (unpaired) electrons. The lowest BCUT2D eigenvalue weighted by Crippen LogP contribution is -2.45. The zero-order chi connectivity index (χ0) is 17.1. The topological polar surface area (TPSA) is 72.2 Å². The summed E-state index contributed by atoms with van der Waals surface area (Å²) in [5.74, 6) is 0.776. The van der Waals surface area contributed by atoms with Crippen LogP contribution in [0.4, 0.5) is 4.79 Å². The number of nitrogens with one attached hydrogen (secondary N) is 1. The van der Waals surface area contributed by atoms with E-state index >= 15 is 0 Å². The van der Waals surface area contributed by atoms with Gasteiger partial charge in [-0.05, 0) is 31.9 Å². The molecule has 1 saturated heterocycles. The van der Waals surface area contributed by atoms with E-state index in [0.29, 0.717) is 13.1 Å². The molecule has 2 aromatic rings. The molecule has 0 aliphatic carbocycles. The first-order valence-electron chi connectivity index (χ1n) is 8.36. The van der Waals surface area contributed by atoms with E-state index in [4.69, 9.17) is 0 Å². The summed E-state index contributed by atoms with van der Waals surface area (Å²) in [6, 6.07) is 9.48. The van der Waals surface area contributed by atoms with Gasteiger partial charge in [0.1, 0.15) is 5.82 Å². The third-order valence-electron chi connectivity index (χ3n) is 4.37. The molecule has 128 valence electrons. The number of piperidine rings is 1. The van der Waals surface area contributed by atoms with E-state index in [1.165, 1.54) is 4.68 Å². The van der Waals surface area contributed by atoms with Crippen molar-refractivity contribution in [2.24, 2.45) is 7.05 Å². The molecular formula is C17H23N5O2. The van der Waals surface area contributed by atoms with E-state index in [2.05, 4.69) is 10.4 Å². The molecule has 1 aromatic heterocycles. The van der Waals surface area contributed by atoms with Gasteiger partial charge in [0.25, 0.3) is 0 Å². The van der Waals surface area contributed by atoms with Crippen LogP contribution in [-0.4, -0.2) is 44.9 Å². The number of hydrogen-bond acceptors (Lipinski definition) is 3. The third-order valence-corrected chi connectivity index (χ3v) is 4.37. The second kappa shape index (κ2) is 6.90. The van der Waals surface area contributed by atoms with E-state index in [-0.39, 0.29) is 17.6 Å². The Balaban J connectivity index is 1.94. The Labute approximate surface area is 140 Å². The van der Waals surface area contributed by atoms with Crippen LogP contribution in [0.15, 0.2) is 35.1 Å². The lowest BCUT2D eigenvalue weighted by molar-refractivity contribution is 0.178. The van der Waals surface area contributed by atoms with Gasteiger partial charge in [-0.3, -0.25) is 0 Å². The third kappa shape index (κ3) is 3.06. The van der Waals surface area contributed by atoms with Gasteiger partial charge >= 0.3 is 11.7 Å². The van der Waals surface area contributed by atoms with Gasteiger partial charge in [0.05, 0.1) is 5.69 Å². The Morgan fingerprint density at radius 1 is 1.33 bits per heavy atom. The monoisotopic (exact) mass is 329 g/mol. The number of likely N-dealkylation sites (tertiary alicyclic amines) is 1. The predicted octanol–water partition coefficient (Wildman–Crippen LogP) is 1.48. The van der Waals surface area contributed by atoms with E-state index in [1.54, 1.807) is 11.6 Å². The second-order valence-corrected chi connectivity index (χ2v) is 6.06. The van der Waals surface area contributed by atoms with Crippen molar-refractivity contribution in [1.29, 1.82) is 0 Å². The molecule has 0 spiro atoms. The molecule has 1 fully saturated rings. The van der Waals surface area contributed by atoms with Crippen LogP contribution in [0.25, 0.3) is 5.69 Å². The summed E-state index contributed by atoms with van der Waals surface area (Å²) in [5, 5.41) is 7.30. The number of aryl methyl sites for hydroxylation is 1. The standard InChI is InChI=1S/C17H23N5O2/c1-3-18-16(23)21-11-7-8-13(12-21)15-19-20(2)17(24)22(15)14-9-5-4-6-10-14/h4-6,9-10,13H,3,7-8,11-12H2,1-2H3,(H,18,23). The van der Waals surface area contributed by atoms with Crippen molar-refractivity contribution >= 4 is 6.03 Å². The van der Waals surface area contributed by atoms with Crippen LogP contribution in [0.2, 0.25) is 0 Å². The molecule has 1 atom stereocenters. The fourth-order valence-corrected chi connectivity index (χ4v) is 3.20. The molecule has 2 amide bonds. The molecule has 3 rings (SSSR count). The number of amides is 2. The molecule has 24 heavy (non-hydrogen) atoms. The van der Waals surface area contributed by atoms with Gasteiger partial charge in [-0.25, -0.2) is 18.8 Å². The van der Waals surface area contributed by atoms with Crippen LogP contribution in [0, 0.1) is 0 Å². The van der Waals surface area contributed by atoms with Crippen LogP contribution < -0.4 is 11.0 Å². The van der Waals surface area contributed by atoms with E-state index in [9.17, 15) is 9.59 Å². The van der Waals surface area contributed by atoms with Crippen molar-refractivity contribution in [1.82, 2.24) is 24.6 Å². The van der Waals surface area contributed by atoms with Crippen molar-refractivity contribution in [3.63, 3.8) is 0 Å². The van der Waals surface area contributed by atoms with Crippen molar-refractivity contribution in [2.75, 3.05) is 19.6 Å². The quantitative estimate of drug-likeness (QED) is 0.927. The van der Waals surface area contributed by atoms with Crippen molar-refractivity contribution in [3.8, 4) is 5.69 Å². The van der Waals surface area contributed by atoms with Crippen LogP contribution in [0.3, 0.4) is 0 Å². The Bertz CT molecular complexity index is 765. The van der Waals surface area contributed by atoms with E-state index < -0.39 is 0 Å². The second-order valence-electron chi connectivity index (χ2n) is 6.06. The number of benzene rings is 1. The van der Waals surface area contributed by atoms with Crippen LogP contribution in [-0.2, 0) is 7.05 Å². The van der Waals surface area contributed by atoms with Gasteiger partial charge in [-0.1, -0.05) is 18.2 Å². The number of aromatic nitrogens is 3. The first kappa shape index (κ1) is 16.3. The van der Waals surface area contributed by atoms with Crippen molar-refractivity contribution < 1.29 is 4.79 Å². The Morgan fingerprint density at radius 2 is 2.08 bits per heavy atom. The maximum absolute atomic E-state index is 12.5. The fourth-order valence-electron chi connectivity index (χ4n) is 3.20. The average molecular weight is 329 g/mol. The highest BCUT2D eigenvalue weighted by molar-refractivity contribution is 5.74. The fraction of sp³-hybridized carbons (Fsp3) is 0.471. The van der Waals surface area contributed by atoms with Gasteiger partial charge in [-0.2, -0.15) is 5.10 Å². The lowest BCUT2D eigenvalue weighted by atomic mass is 9.97. The molecule has 0 bridgehead atoms. The molecular weight excluding hydrogens is 306 g/mol. The smallest absolute Gasteiger partial charge is 0.338 e. The summed E-state index contributed by atoms with van der Waals surface area (Å²) >= 11 is 0. The van der Waals surface area contributed by atoms with Gasteiger partial charge in [0, 0.05) is 32.6 Å². The summed E-state index contributed by atoms with van der Waals surface area (Å²) in [6.07, 6.45) is 1.82. The summed E-state index contributed by atoms with van der Waals surface area (Å²) in [4.78, 5) is 26.5. The number of rotatable bonds is 3. The molecule has 1 aliphatic rings. The van der Waals surface area contributed by atoms with E-state index in [0.717, 1.165) is 30.9 Å². The van der Waals surface area contributed by atoms with E-state index in [1.807, 2.05) is 42.2 Å². The number of carbonyl (C=O) groups is 1. The first-order valence-corrected chi connectivity index (χ1v) is 8.36. The Kier molecular flexibility index (Phi) is 4.69. The highest BCUT2D eigenvalue weighted by Gasteiger charge is 2.29. The molecule has 1 unspecified atom stereocenters. The number of nitrogens with zero attached hydrogens (tertiary/aromatic N) is 4. The largest absolute Gasteiger partial charge is 0.350 e. The SMILES string of the molecule is CCNC(=O)N1CCCC(c2nn(C)c(=O)n2-c2ccccc2)C1. The van der Waals surface area contributed by atoms with Crippen LogP contribution in [0.5, 0.6) is 0 Å². The highest BCUT2D eigenvalue weighted by atomic mass is 16.2. The van der Waals surface area contributed by atoms with Gasteiger partial charge in [0.2, 0.25) is 0 Å². The molecule has 1 aromatic carbocycles. The van der Waals surface area contributed by atoms with Gasteiger partial charge in [-0.15, -0.1) is 0 Å². The Hall–Kier alpha value is -2.57. The zero-order valence-electron chi connectivity index (χ0n) is 14.1. The summed E-state index contributed by atoms with van der Waals surface area (Å²) in [6.45, 7) is 3.84. The highest BCUT2D eigenvalue weighted by Crippen LogP contribution is 2.26. The number of para-hydroxylation sites is 1. The normalized spacial score (nSPS) is 17.8. The van der Waals surface area contributed by atoms with Crippen LogP contribution in [0.1, 0.15) is 31.5 Å². The minimum Gasteiger partial charge on any atom is -0.338 e. The van der Waals surface area contributed by atoms with Crippen molar-refractivity contribution in [3.05, 3.63) is 46.6 Å². The molecule has 1 aliphatic heterocycles. The minimum atomic E-state index is -0.161. The molecule has 2 heterocycles. The number of hydrogen-bond donors (Lipinski definition) is 1. The minimum absolute atomic E-state index is 0.0493. The number of carbonyl (C=O) groups excluding carboxylic acids is 1. The number of urea groups is 1. The van der Waals surface area contributed by atoms with Gasteiger partial charge in [0.15, 0.2) is 0 Å². The summed E-state index contributed by atoms with van der Waals surface area (Å²) < 4.78 is 3.03. The predicted molar refractivity (Wildman–Crippen MR) is 91.4 cm³/mol. The summed E-state index contributed by atoms with van der Waals surface area (Å²) in [5.41, 5.74) is 0.645. The maximum Gasteiger partial charge on any atom is 0.350 e. The van der Waals surface area contributed by atoms with Crippen LogP contribution >= 0.6 is 0 Å². The average Bonchev–Trinajstić information content (AvgIpc) is 2.91.